The van der Waals surface area contributed by atoms with E-state index in [1.165, 1.54) is 22.0 Å². The normalized spacial score (nSPS) is 11.6. The molecule has 0 bridgehead atoms. The van der Waals surface area contributed by atoms with Crippen LogP contribution >= 0.6 is 0 Å². The Morgan fingerprint density at radius 3 is 2.38 bits per heavy atom. The number of pyridine rings is 2. The van der Waals surface area contributed by atoms with Gasteiger partial charge in [0.25, 0.3) is 0 Å². The fraction of sp³-hybridized carbons (Fsp3) is 0.429. The highest BCUT2D eigenvalue weighted by atomic mass is 14.7. The molecule has 2 nitrogen and oxygen atoms in total. The highest BCUT2D eigenvalue weighted by molar-refractivity contribution is 5.87. The zero-order chi connectivity index (χ0) is 11.7. The van der Waals surface area contributed by atoms with E-state index in [-0.39, 0.29) is 0 Å². The molecule has 0 amide bonds. The van der Waals surface area contributed by atoms with Gasteiger partial charge in [-0.3, -0.25) is 9.97 Å². The second kappa shape index (κ2) is 4.20. The summed E-state index contributed by atoms with van der Waals surface area (Å²) in [6.45, 7) is 8.78. The zero-order valence-corrected chi connectivity index (χ0v) is 10.4. The largest absolute Gasteiger partial charge is 0.264 e. The molecule has 0 aliphatic rings. The lowest BCUT2D eigenvalue weighted by atomic mass is 9.94. The predicted molar refractivity (Wildman–Crippen MR) is 67.7 cm³/mol. The molecule has 0 saturated heterocycles. The maximum atomic E-state index is 4.52. The van der Waals surface area contributed by atoms with E-state index in [0.29, 0.717) is 11.8 Å². The first kappa shape index (κ1) is 11.1. The van der Waals surface area contributed by atoms with E-state index >= 15 is 0 Å². The molecule has 2 rings (SSSR count). The van der Waals surface area contributed by atoms with Crippen molar-refractivity contribution in [3.63, 3.8) is 0 Å². The molecule has 2 aromatic rings. The Morgan fingerprint density at radius 1 is 1.00 bits per heavy atom. The molecule has 0 unspecified atom stereocenters. The predicted octanol–water partition coefficient (Wildman–Crippen LogP) is 3.88. The SMILES string of the molecule is CC(C)c1cncc2ccnc(C(C)C)c12. The number of fused-ring (bicyclic) bond motifs is 1. The molecule has 0 fully saturated rings. The molecular formula is C14H18N2. The lowest BCUT2D eigenvalue weighted by molar-refractivity contribution is 0.821. The number of hydrogen-bond donors (Lipinski definition) is 0. The standard InChI is InChI=1S/C14H18N2/c1-9(2)12-8-15-7-11-5-6-16-14(10(3)4)13(11)12/h5-10H,1-4H3. The summed E-state index contributed by atoms with van der Waals surface area (Å²) in [7, 11) is 0. The van der Waals surface area contributed by atoms with Crippen molar-refractivity contribution in [1.82, 2.24) is 9.97 Å². The Labute approximate surface area is 96.7 Å². The molecule has 0 aromatic carbocycles. The summed E-state index contributed by atoms with van der Waals surface area (Å²) in [6, 6.07) is 2.04. The molecule has 0 aliphatic carbocycles. The number of aromatic nitrogens is 2. The monoisotopic (exact) mass is 214 g/mol. The molecular weight excluding hydrogens is 196 g/mol. The van der Waals surface area contributed by atoms with Gasteiger partial charge in [0.1, 0.15) is 0 Å². The molecule has 0 spiro atoms. The molecule has 84 valence electrons. The van der Waals surface area contributed by atoms with Crippen molar-refractivity contribution in [1.29, 1.82) is 0 Å². The maximum Gasteiger partial charge on any atom is 0.0511 e. The lowest BCUT2D eigenvalue weighted by Gasteiger charge is -2.14. The molecule has 0 N–H and O–H groups in total. The second-order valence-corrected chi connectivity index (χ2v) is 4.83. The van der Waals surface area contributed by atoms with Gasteiger partial charge in [-0.15, -0.1) is 0 Å². The van der Waals surface area contributed by atoms with Crippen molar-refractivity contribution in [2.45, 2.75) is 39.5 Å². The van der Waals surface area contributed by atoms with Crippen LogP contribution in [0.1, 0.15) is 50.8 Å². The quantitative estimate of drug-likeness (QED) is 0.758. The van der Waals surface area contributed by atoms with Gasteiger partial charge in [0.2, 0.25) is 0 Å². The minimum Gasteiger partial charge on any atom is -0.264 e. The van der Waals surface area contributed by atoms with Gasteiger partial charge in [-0.2, -0.15) is 0 Å². The average Bonchev–Trinajstić information content (AvgIpc) is 2.27. The van der Waals surface area contributed by atoms with Crippen molar-refractivity contribution in [3.8, 4) is 0 Å². The van der Waals surface area contributed by atoms with Crippen LogP contribution in [-0.2, 0) is 0 Å². The highest BCUT2D eigenvalue weighted by Gasteiger charge is 2.12. The van der Waals surface area contributed by atoms with E-state index in [4.69, 9.17) is 0 Å². The third-order valence-corrected chi connectivity index (χ3v) is 2.90. The average molecular weight is 214 g/mol. The summed E-state index contributed by atoms with van der Waals surface area (Å²) in [5, 5.41) is 2.49. The first-order valence-corrected chi connectivity index (χ1v) is 5.83. The molecule has 0 radical (unpaired) electrons. The number of hydrogen-bond acceptors (Lipinski definition) is 2. The zero-order valence-electron chi connectivity index (χ0n) is 10.4. The molecule has 0 aliphatic heterocycles. The van der Waals surface area contributed by atoms with Crippen molar-refractivity contribution in [2.24, 2.45) is 0 Å². The Morgan fingerprint density at radius 2 is 1.75 bits per heavy atom. The van der Waals surface area contributed by atoms with Gasteiger partial charge < -0.3 is 0 Å². The van der Waals surface area contributed by atoms with E-state index in [9.17, 15) is 0 Å². The first-order valence-electron chi connectivity index (χ1n) is 5.83. The summed E-state index contributed by atoms with van der Waals surface area (Å²) in [5.41, 5.74) is 2.48. The second-order valence-electron chi connectivity index (χ2n) is 4.83. The molecule has 2 heteroatoms. The van der Waals surface area contributed by atoms with Crippen LogP contribution in [0.4, 0.5) is 0 Å². The van der Waals surface area contributed by atoms with E-state index in [2.05, 4.69) is 37.7 Å². The van der Waals surface area contributed by atoms with Gasteiger partial charge in [0.15, 0.2) is 0 Å². The van der Waals surface area contributed by atoms with E-state index < -0.39 is 0 Å². The molecule has 2 heterocycles. The first-order chi connectivity index (χ1) is 7.61. The van der Waals surface area contributed by atoms with Crippen molar-refractivity contribution < 1.29 is 0 Å². The summed E-state index contributed by atoms with van der Waals surface area (Å²) >= 11 is 0. The van der Waals surface area contributed by atoms with Crippen LogP contribution in [0.3, 0.4) is 0 Å². The third-order valence-electron chi connectivity index (χ3n) is 2.90. The molecule has 2 aromatic heterocycles. The Kier molecular flexibility index (Phi) is 2.90. The summed E-state index contributed by atoms with van der Waals surface area (Å²) in [6.07, 6.45) is 5.78. The summed E-state index contributed by atoms with van der Waals surface area (Å²) < 4.78 is 0. The fourth-order valence-corrected chi connectivity index (χ4v) is 2.05. The topological polar surface area (TPSA) is 25.8 Å². The smallest absolute Gasteiger partial charge is 0.0511 e. The van der Waals surface area contributed by atoms with Crippen LogP contribution in [0.2, 0.25) is 0 Å². The van der Waals surface area contributed by atoms with Crippen LogP contribution < -0.4 is 0 Å². The van der Waals surface area contributed by atoms with Crippen LogP contribution in [0.15, 0.2) is 24.7 Å². The fourth-order valence-electron chi connectivity index (χ4n) is 2.05. The van der Waals surface area contributed by atoms with Crippen molar-refractivity contribution >= 4 is 10.8 Å². The van der Waals surface area contributed by atoms with Gasteiger partial charge >= 0.3 is 0 Å². The number of rotatable bonds is 2. The van der Waals surface area contributed by atoms with Crippen LogP contribution in [0.25, 0.3) is 10.8 Å². The van der Waals surface area contributed by atoms with Gasteiger partial charge in [-0.25, -0.2) is 0 Å². The van der Waals surface area contributed by atoms with Crippen LogP contribution in [-0.4, -0.2) is 9.97 Å². The molecule has 0 saturated carbocycles. The van der Waals surface area contributed by atoms with Gasteiger partial charge in [-0.05, 0) is 23.5 Å². The highest BCUT2D eigenvalue weighted by Crippen LogP contribution is 2.29. The van der Waals surface area contributed by atoms with Gasteiger partial charge in [0.05, 0.1) is 5.69 Å². The van der Waals surface area contributed by atoms with Crippen LogP contribution in [0.5, 0.6) is 0 Å². The van der Waals surface area contributed by atoms with E-state index in [1.807, 2.05) is 24.7 Å². The molecule has 16 heavy (non-hydrogen) atoms. The lowest BCUT2D eigenvalue weighted by Crippen LogP contribution is -1.99. The van der Waals surface area contributed by atoms with Gasteiger partial charge in [0, 0.05) is 29.4 Å². The third kappa shape index (κ3) is 1.80. The summed E-state index contributed by atoms with van der Waals surface area (Å²) in [5.74, 6) is 0.932. The Hall–Kier alpha value is -1.44. The van der Waals surface area contributed by atoms with E-state index in [0.717, 1.165) is 0 Å². The maximum absolute atomic E-state index is 4.52. The number of nitrogens with zero attached hydrogens (tertiary/aromatic N) is 2. The Balaban J connectivity index is 2.82. The van der Waals surface area contributed by atoms with Crippen molar-refractivity contribution in [2.75, 3.05) is 0 Å². The van der Waals surface area contributed by atoms with Gasteiger partial charge in [-0.1, -0.05) is 27.7 Å². The van der Waals surface area contributed by atoms with E-state index in [1.54, 1.807) is 0 Å². The molecule has 0 atom stereocenters. The van der Waals surface area contributed by atoms with Crippen molar-refractivity contribution in [3.05, 3.63) is 35.9 Å². The summed E-state index contributed by atoms with van der Waals surface area (Å²) in [4.78, 5) is 8.83. The minimum absolute atomic E-state index is 0.448. The Bertz CT molecular complexity index is 458. The van der Waals surface area contributed by atoms with Crippen LogP contribution in [0, 0.1) is 0 Å². The minimum atomic E-state index is 0.448.